The third-order valence-electron chi connectivity index (χ3n) is 2.94. The maximum Gasteiger partial charge on any atom is 0.274 e. The van der Waals surface area contributed by atoms with Crippen LogP contribution in [-0.4, -0.2) is 32.3 Å². The normalized spacial score (nSPS) is 10.4. The summed E-state index contributed by atoms with van der Waals surface area (Å²) in [5.74, 6) is -0.0302. The summed E-state index contributed by atoms with van der Waals surface area (Å²) in [5, 5.41) is 0. The first-order valence-electron chi connectivity index (χ1n) is 6.40. The van der Waals surface area contributed by atoms with Gasteiger partial charge in [0.15, 0.2) is 0 Å². The van der Waals surface area contributed by atoms with Gasteiger partial charge in [-0.1, -0.05) is 6.92 Å². The van der Waals surface area contributed by atoms with E-state index in [9.17, 15) is 4.79 Å². The van der Waals surface area contributed by atoms with Crippen molar-refractivity contribution in [2.24, 2.45) is 0 Å². The van der Waals surface area contributed by atoms with Crippen LogP contribution < -0.4 is 0 Å². The van der Waals surface area contributed by atoms with E-state index < -0.39 is 0 Å². The van der Waals surface area contributed by atoms with Crippen LogP contribution in [-0.2, 0) is 6.54 Å². The van der Waals surface area contributed by atoms with E-state index in [1.54, 1.807) is 18.7 Å². The number of amides is 1. The standard InChI is InChI=1S/C14H18N4O/c1-3-8-18(9-12-4-6-15-7-5-12)14(19)13-11(2)16-10-17-13/h4-7,10H,3,8-9H2,1-2H3,(H,16,17). The first-order chi connectivity index (χ1) is 9.22. The van der Waals surface area contributed by atoms with Gasteiger partial charge in [0.1, 0.15) is 5.69 Å². The van der Waals surface area contributed by atoms with E-state index >= 15 is 0 Å². The van der Waals surface area contributed by atoms with Gasteiger partial charge in [-0.3, -0.25) is 9.78 Å². The average Bonchev–Trinajstić information content (AvgIpc) is 2.85. The van der Waals surface area contributed by atoms with Gasteiger partial charge in [0.2, 0.25) is 0 Å². The highest BCUT2D eigenvalue weighted by Crippen LogP contribution is 2.10. The third kappa shape index (κ3) is 3.19. The highest BCUT2D eigenvalue weighted by Gasteiger charge is 2.19. The number of rotatable bonds is 5. The zero-order valence-corrected chi connectivity index (χ0v) is 11.3. The summed E-state index contributed by atoms with van der Waals surface area (Å²) >= 11 is 0. The van der Waals surface area contributed by atoms with Gasteiger partial charge in [-0.15, -0.1) is 0 Å². The van der Waals surface area contributed by atoms with Crippen LogP contribution in [0.15, 0.2) is 30.9 Å². The Hall–Kier alpha value is -2.17. The van der Waals surface area contributed by atoms with Gasteiger partial charge in [0.05, 0.1) is 6.33 Å². The molecule has 0 saturated carbocycles. The molecule has 0 saturated heterocycles. The largest absolute Gasteiger partial charge is 0.348 e. The van der Waals surface area contributed by atoms with Gasteiger partial charge in [0, 0.05) is 31.2 Å². The lowest BCUT2D eigenvalue weighted by molar-refractivity contribution is 0.0737. The predicted molar refractivity (Wildman–Crippen MR) is 72.6 cm³/mol. The van der Waals surface area contributed by atoms with Crippen molar-refractivity contribution in [3.05, 3.63) is 47.8 Å². The first kappa shape index (κ1) is 13.3. The maximum atomic E-state index is 12.4. The Kier molecular flexibility index (Phi) is 4.28. The SMILES string of the molecule is CCCN(Cc1ccncc1)C(=O)c1nc[nH]c1C. The average molecular weight is 258 g/mol. The monoisotopic (exact) mass is 258 g/mol. The summed E-state index contributed by atoms with van der Waals surface area (Å²) in [6, 6.07) is 3.85. The summed E-state index contributed by atoms with van der Waals surface area (Å²) in [7, 11) is 0. The van der Waals surface area contributed by atoms with E-state index in [0.29, 0.717) is 18.8 Å². The van der Waals surface area contributed by atoms with Crippen molar-refractivity contribution < 1.29 is 4.79 Å². The smallest absolute Gasteiger partial charge is 0.274 e. The Bertz CT molecular complexity index is 535. The summed E-state index contributed by atoms with van der Waals surface area (Å²) in [5.41, 5.74) is 2.38. The minimum Gasteiger partial charge on any atom is -0.348 e. The second-order valence-electron chi connectivity index (χ2n) is 4.46. The molecule has 100 valence electrons. The molecule has 0 spiro atoms. The third-order valence-corrected chi connectivity index (χ3v) is 2.94. The van der Waals surface area contributed by atoms with E-state index in [-0.39, 0.29) is 5.91 Å². The Labute approximate surface area is 112 Å². The fraction of sp³-hybridized carbons (Fsp3) is 0.357. The highest BCUT2D eigenvalue weighted by atomic mass is 16.2. The second kappa shape index (κ2) is 6.13. The quantitative estimate of drug-likeness (QED) is 0.894. The lowest BCUT2D eigenvalue weighted by Crippen LogP contribution is -2.32. The van der Waals surface area contributed by atoms with Gasteiger partial charge in [0.25, 0.3) is 5.91 Å². The van der Waals surface area contributed by atoms with Crippen LogP contribution in [0.25, 0.3) is 0 Å². The van der Waals surface area contributed by atoms with Crippen molar-refractivity contribution in [1.29, 1.82) is 0 Å². The molecular weight excluding hydrogens is 240 g/mol. The minimum absolute atomic E-state index is 0.0302. The molecule has 0 aliphatic heterocycles. The Balaban J connectivity index is 2.16. The number of hydrogen-bond donors (Lipinski definition) is 1. The van der Waals surface area contributed by atoms with Gasteiger partial charge < -0.3 is 9.88 Å². The second-order valence-corrected chi connectivity index (χ2v) is 4.46. The topological polar surface area (TPSA) is 61.9 Å². The minimum atomic E-state index is -0.0302. The molecule has 1 amide bonds. The number of aromatic amines is 1. The summed E-state index contributed by atoms with van der Waals surface area (Å²) in [6.07, 6.45) is 5.95. The van der Waals surface area contributed by atoms with Crippen molar-refractivity contribution in [1.82, 2.24) is 19.9 Å². The summed E-state index contributed by atoms with van der Waals surface area (Å²) < 4.78 is 0. The molecule has 0 unspecified atom stereocenters. The summed E-state index contributed by atoms with van der Waals surface area (Å²) in [4.78, 5) is 25.3. The van der Waals surface area contributed by atoms with E-state index in [0.717, 1.165) is 17.7 Å². The lowest BCUT2D eigenvalue weighted by atomic mass is 10.2. The Morgan fingerprint density at radius 1 is 1.37 bits per heavy atom. The molecule has 0 radical (unpaired) electrons. The number of carbonyl (C=O) groups is 1. The number of nitrogens with zero attached hydrogens (tertiary/aromatic N) is 3. The van der Waals surface area contributed by atoms with Crippen LogP contribution in [0.1, 0.15) is 35.1 Å². The number of carbonyl (C=O) groups excluding carboxylic acids is 1. The maximum absolute atomic E-state index is 12.4. The molecule has 5 heteroatoms. The van der Waals surface area contributed by atoms with Gasteiger partial charge >= 0.3 is 0 Å². The molecular formula is C14H18N4O. The van der Waals surface area contributed by atoms with E-state index in [1.807, 2.05) is 24.0 Å². The molecule has 2 aromatic rings. The molecule has 5 nitrogen and oxygen atoms in total. The molecule has 0 aliphatic rings. The van der Waals surface area contributed by atoms with Crippen molar-refractivity contribution >= 4 is 5.91 Å². The van der Waals surface area contributed by atoms with E-state index in [1.165, 1.54) is 0 Å². The molecule has 0 fully saturated rings. The molecule has 0 aliphatic carbocycles. The predicted octanol–water partition coefficient (Wildman–Crippen LogP) is 2.17. The van der Waals surface area contributed by atoms with Crippen molar-refractivity contribution in [3.63, 3.8) is 0 Å². The van der Waals surface area contributed by atoms with Crippen molar-refractivity contribution in [2.75, 3.05) is 6.54 Å². The van der Waals surface area contributed by atoms with Crippen molar-refractivity contribution in [3.8, 4) is 0 Å². The molecule has 19 heavy (non-hydrogen) atoms. The molecule has 1 N–H and O–H groups in total. The van der Waals surface area contributed by atoms with Crippen LogP contribution in [0.5, 0.6) is 0 Å². The number of aromatic nitrogens is 3. The van der Waals surface area contributed by atoms with Gasteiger partial charge in [-0.05, 0) is 31.0 Å². The number of nitrogens with one attached hydrogen (secondary N) is 1. The molecule has 0 bridgehead atoms. The number of aryl methyl sites for hydroxylation is 1. The van der Waals surface area contributed by atoms with Crippen LogP contribution in [0.2, 0.25) is 0 Å². The zero-order valence-electron chi connectivity index (χ0n) is 11.3. The molecule has 2 heterocycles. The fourth-order valence-electron chi connectivity index (χ4n) is 1.96. The molecule has 0 atom stereocenters. The lowest BCUT2D eigenvalue weighted by Gasteiger charge is -2.21. The Morgan fingerprint density at radius 3 is 2.68 bits per heavy atom. The number of H-pyrrole nitrogens is 1. The van der Waals surface area contributed by atoms with Gasteiger partial charge in [-0.2, -0.15) is 0 Å². The molecule has 2 rings (SSSR count). The fourth-order valence-corrected chi connectivity index (χ4v) is 1.96. The van der Waals surface area contributed by atoms with Gasteiger partial charge in [-0.25, -0.2) is 4.98 Å². The first-order valence-corrected chi connectivity index (χ1v) is 6.40. The van der Waals surface area contributed by atoms with E-state index in [4.69, 9.17) is 0 Å². The van der Waals surface area contributed by atoms with Crippen LogP contribution >= 0.6 is 0 Å². The van der Waals surface area contributed by atoms with E-state index in [2.05, 4.69) is 21.9 Å². The van der Waals surface area contributed by atoms with Crippen molar-refractivity contribution in [2.45, 2.75) is 26.8 Å². The molecule has 0 aromatic carbocycles. The highest BCUT2D eigenvalue weighted by molar-refractivity contribution is 5.93. The molecule has 2 aromatic heterocycles. The van der Waals surface area contributed by atoms with Crippen LogP contribution in [0.3, 0.4) is 0 Å². The number of hydrogen-bond acceptors (Lipinski definition) is 3. The van der Waals surface area contributed by atoms with Crippen LogP contribution in [0.4, 0.5) is 0 Å². The number of imidazole rings is 1. The number of pyridine rings is 1. The zero-order chi connectivity index (χ0) is 13.7. The summed E-state index contributed by atoms with van der Waals surface area (Å²) in [6.45, 7) is 5.22. The Morgan fingerprint density at radius 2 is 2.11 bits per heavy atom. The van der Waals surface area contributed by atoms with Crippen LogP contribution in [0, 0.1) is 6.92 Å².